The predicted octanol–water partition coefficient (Wildman–Crippen LogP) is 4.58. The maximum absolute atomic E-state index is 12.8. The van der Waals surface area contributed by atoms with E-state index in [0.717, 1.165) is 31.7 Å². The molecule has 3 rings (SSSR count). The highest BCUT2D eigenvalue weighted by atomic mass is 35.5. The summed E-state index contributed by atoms with van der Waals surface area (Å²) in [7, 11) is 0. The van der Waals surface area contributed by atoms with Crippen LogP contribution in [0, 0.1) is 0 Å². The molecule has 2 aromatic rings. The van der Waals surface area contributed by atoms with Crippen molar-refractivity contribution in [3.05, 3.63) is 47.1 Å². The van der Waals surface area contributed by atoms with E-state index >= 15 is 0 Å². The zero-order chi connectivity index (χ0) is 17.4. The lowest BCUT2D eigenvalue weighted by atomic mass is 9.95. The van der Waals surface area contributed by atoms with Gasteiger partial charge in [-0.25, -0.2) is 0 Å². The Balaban J connectivity index is 0.00000225. The molecule has 0 amide bonds. The van der Waals surface area contributed by atoms with Crippen LogP contribution in [-0.2, 0) is 18.1 Å². The van der Waals surface area contributed by atoms with Crippen LogP contribution in [0.3, 0.4) is 0 Å². The summed E-state index contributed by atoms with van der Waals surface area (Å²) in [5, 5.41) is 3.98. The first-order valence-electron chi connectivity index (χ1n) is 8.07. The molecule has 1 aliphatic rings. The van der Waals surface area contributed by atoms with Crippen LogP contribution in [0.25, 0.3) is 0 Å². The molecule has 25 heavy (non-hydrogen) atoms. The largest absolute Gasteiger partial charge is 0.416 e. The molecule has 0 radical (unpaired) electrons. The number of rotatable bonds is 4. The molecular weight excluding hydrogens is 355 g/mol. The zero-order valence-corrected chi connectivity index (χ0v) is 14.7. The van der Waals surface area contributed by atoms with E-state index in [4.69, 9.17) is 10.3 Å². The first kappa shape index (κ1) is 19.7. The monoisotopic (exact) mass is 375 g/mol. The van der Waals surface area contributed by atoms with E-state index < -0.39 is 17.3 Å². The molecular formula is C17H21ClF3N3O. The Bertz CT molecular complexity index is 711. The van der Waals surface area contributed by atoms with Gasteiger partial charge in [0.2, 0.25) is 5.89 Å². The maximum atomic E-state index is 12.8. The Kier molecular flexibility index (Phi) is 5.79. The van der Waals surface area contributed by atoms with Gasteiger partial charge in [0, 0.05) is 6.42 Å². The molecule has 1 heterocycles. The van der Waals surface area contributed by atoms with E-state index in [1.54, 1.807) is 6.07 Å². The summed E-state index contributed by atoms with van der Waals surface area (Å²) in [6, 6.07) is 5.34. The molecule has 1 fully saturated rings. The SMILES string of the molecule is CC(Cc1nc(C2(N)CCCC2)no1)c1cccc(C(F)(F)F)c1.Cl. The quantitative estimate of drug-likeness (QED) is 0.849. The second-order valence-electron chi connectivity index (χ2n) is 6.60. The van der Waals surface area contributed by atoms with Crippen LogP contribution in [0.4, 0.5) is 13.2 Å². The molecule has 4 nitrogen and oxygen atoms in total. The number of halogens is 4. The fourth-order valence-corrected chi connectivity index (χ4v) is 3.17. The minimum Gasteiger partial charge on any atom is -0.339 e. The molecule has 0 bridgehead atoms. The molecule has 0 aliphatic heterocycles. The summed E-state index contributed by atoms with van der Waals surface area (Å²) in [6.07, 6.45) is -0.224. The van der Waals surface area contributed by atoms with Gasteiger partial charge >= 0.3 is 6.18 Å². The number of nitrogens with zero attached hydrogens (tertiary/aromatic N) is 2. The Hall–Kier alpha value is -1.60. The average molecular weight is 376 g/mol. The van der Waals surface area contributed by atoms with Crippen LogP contribution in [-0.4, -0.2) is 10.1 Å². The molecule has 1 aromatic carbocycles. The van der Waals surface area contributed by atoms with Gasteiger partial charge in [-0.15, -0.1) is 12.4 Å². The van der Waals surface area contributed by atoms with Crippen LogP contribution in [0.1, 0.15) is 61.4 Å². The van der Waals surface area contributed by atoms with E-state index in [1.165, 1.54) is 12.1 Å². The van der Waals surface area contributed by atoms with Gasteiger partial charge in [-0.2, -0.15) is 18.2 Å². The van der Waals surface area contributed by atoms with Gasteiger partial charge in [-0.1, -0.05) is 43.1 Å². The summed E-state index contributed by atoms with van der Waals surface area (Å²) in [5.74, 6) is 0.746. The van der Waals surface area contributed by atoms with Crippen molar-refractivity contribution in [2.24, 2.45) is 5.73 Å². The summed E-state index contributed by atoms with van der Waals surface area (Å²) < 4.78 is 43.7. The second-order valence-corrected chi connectivity index (χ2v) is 6.60. The minimum absolute atomic E-state index is 0. The highest BCUT2D eigenvalue weighted by Gasteiger charge is 2.36. The van der Waals surface area contributed by atoms with Gasteiger partial charge in [0.25, 0.3) is 0 Å². The summed E-state index contributed by atoms with van der Waals surface area (Å²) >= 11 is 0. The maximum Gasteiger partial charge on any atom is 0.416 e. The molecule has 8 heteroatoms. The van der Waals surface area contributed by atoms with E-state index in [2.05, 4.69) is 10.1 Å². The third kappa shape index (κ3) is 4.33. The normalized spacial score (nSPS) is 18.0. The smallest absolute Gasteiger partial charge is 0.339 e. The van der Waals surface area contributed by atoms with Crippen molar-refractivity contribution in [1.82, 2.24) is 10.1 Å². The average Bonchev–Trinajstić information content (AvgIpc) is 3.17. The molecule has 138 valence electrons. The first-order chi connectivity index (χ1) is 11.3. The van der Waals surface area contributed by atoms with Gasteiger partial charge in [0.1, 0.15) is 0 Å². The van der Waals surface area contributed by atoms with E-state index in [1.807, 2.05) is 6.92 Å². The molecule has 2 N–H and O–H groups in total. The van der Waals surface area contributed by atoms with Crippen LogP contribution < -0.4 is 5.73 Å². The van der Waals surface area contributed by atoms with Crippen LogP contribution >= 0.6 is 12.4 Å². The number of aromatic nitrogens is 2. The predicted molar refractivity (Wildman–Crippen MR) is 89.4 cm³/mol. The van der Waals surface area contributed by atoms with Crippen molar-refractivity contribution in [2.75, 3.05) is 0 Å². The molecule has 1 saturated carbocycles. The van der Waals surface area contributed by atoms with Gasteiger partial charge in [-0.3, -0.25) is 0 Å². The van der Waals surface area contributed by atoms with Crippen molar-refractivity contribution in [2.45, 2.75) is 56.7 Å². The zero-order valence-electron chi connectivity index (χ0n) is 13.8. The molecule has 1 unspecified atom stereocenters. The lowest BCUT2D eigenvalue weighted by molar-refractivity contribution is -0.137. The highest BCUT2D eigenvalue weighted by Crippen LogP contribution is 2.35. The highest BCUT2D eigenvalue weighted by molar-refractivity contribution is 5.85. The Morgan fingerprint density at radius 3 is 2.60 bits per heavy atom. The van der Waals surface area contributed by atoms with Crippen molar-refractivity contribution >= 4 is 12.4 Å². The Morgan fingerprint density at radius 1 is 1.28 bits per heavy atom. The topological polar surface area (TPSA) is 64.9 Å². The minimum atomic E-state index is -4.35. The molecule has 1 atom stereocenters. The van der Waals surface area contributed by atoms with Crippen molar-refractivity contribution in [1.29, 1.82) is 0 Å². The Labute approximate surface area is 150 Å². The van der Waals surface area contributed by atoms with Crippen LogP contribution in [0.5, 0.6) is 0 Å². The lowest BCUT2D eigenvalue weighted by Gasteiger charge is -2.17. The Morgan fingerprint density at radius 2 is 1.96 bits per heavy atom. The van der Waals surface area contributed by atoms with E-state index in [9.17, 15) is 13.2 Å². The standard InChI is InChI=1S/C17H20F3N3O.ClH/c1-11(12-5-4-6-13(10-12)17(18,19)20)9-14-22-15(23-24-14)16(21)7-2-3-8-16;/h4-6,10-11H,2-3,7-9,21H2,1H3;1H. The third-order valence-corrected chi connectivity index (χ3v) is 4.67. The number of hydrogen-bond donors (Lipinski definition) is 1. The van der Waals surface area contributed by atoms with Gasteiger partial charge in [-0.05, 0) is 30.4 Å². The molecule has 0 saturated heterocycles. The fraction of sp³-hybridized carbons (Fsp3) is 0.529. The third-order valence-electron chi connectivity index (χ3n) is 4.67. The van der Waals surface area contributed by atoms with Crippen molar-refractivity contribution < 1.29 is 17.7 Å². The van der Waals surface area contributed by atoms with Crippen LogP contribution in [0.2, 0.25) is 0 Å². The van der Waals surface area contributed by atoms with E-state index in [0.29, 0.717) is 23.7 Å². The van der Waals surface area contributed by atoms with Gasteiger partial charge in [0.05, 0.1) is 11.1 Å². The number of alkyl halides is 3. The van der Waals surface area contributed by atoms with Crippen molar-refractivity contribution in [3.63, 3.8) is 0 Å². The second kappa shape index (κ2) is 7.33. The first-order valence-corrected chi connectivity index (χ1v) is 8.07. The molecule has 0 spiro atoms. The lowest BCUT2D eigenvalue weighted by Crippen LogP contribution is -2.34. The van der Waals surface area contributed by atoms with E-state index in [-0.39, 0.29) is 18.3 Å². The number of hydrogen-bond acceptors (Lipinski definition) is 4. The summed E-state index contributed by atoms with van der Waals surface area (Å²) in [5.41, 5.74) is 5.71. The van der Waals surface area contributed by atoms with Crippen molar-refractivity contribution in [3.8, 4) is 0 Å². The number of nitrogens with two attached hydrogens (primary N) is 1. The molecule has 1 aliphatic carbocycles. The van der Waals surface area contributed by atoms with Gasteiger partial charge < -0.3 is 10.3 Å². The van der Waals surface area contributed by atoms with Gasteiger partial charge in [0.15, 0.2) is 5.82 Å². The number of benzene rings is 1. The summed E-state index contributed by atoms with van der Waals surface area (Å²) in [4.78, 5) is 4.38. The molecule has 1 aromatic heterocycles. The fourth-order valence-electron chi connectivity index (χ4n) is 3.17. The summed E-state index contributed by atoms with van der Waals surface area (Å²) in [6.45, 7) is 1.84. The van der Waals surface area contributed by atoms with Crippen LogP contribution in [0.15, 0.2) is 28.8 Å².